The molecular weight excluding hydrogens is 270 g/mol. The van der Waals surface area contributed by atoms with Gasteiger partial charge in [0, 0.05) is 11.8 Å². The summed E-state index contributed by atoms with van der Waals surface area (Å²) in [6, 6.07) is 13.6. The predicted octanol–water partition coefficient (Wildman–Crippen LogP) is 1.90. The maximum atomic E-state index is 10.5. The van der Waals surface area contributed by atoms with Gasteiger partial charge in [0.15, 0.2) is 0 Å². The van der Waals surface area contributed by atoms with E-state index < -0.39 is 0 Å². The molecule has 1 N–H and O–H groups in total. The van der Waals surface area contributed by atoms with Gasteiger partial charge in [-0.3, -0.25) is 9.59 Å². The van der Waals surface area contributed by atoms with E-state index in [0.717, 1.165) is 16.5 Å². The number of carbonyl (C=O) groups is 2. The molecule has 1 atom stereocenters. The van der Waals surface area contributed by atoms with Gasteiger partial charge < -0.3 is 14.8 Å². The third-order valence-corrected chi connectivity index (χ3v) is 3.14. The third-order valence-electron chi connectivity index (χ3n) is 3.14. The molecule has 0 radical (unpaired) electrons. The lowest BCUT2D eigenvalue weighted by Gasteiger charge is -2.15. The van der Waals surface area contributed by atoms with Crippen molar-refractivity contribution >= 4 is 23.7 Å². The highest BCUT2D eigenvalue weighted by Crippen LogP contribution is 2.25. The van der Waals surface area contributed by atoms with Gasteiger partial charge in [0.1, 0.15) is 12.4 Å². The van der Waals surface area contributed by atoms with Gasteiger partial charge >= 0.3 is 0 Å². The number of benzene rings is 2. The Balaban J connectivity index is 1.94. The van der Waals surface area contributed by atoms with Crippen LogP contribution in [-0.4, -0.2) is 32.1 Å². The highest BCUT2D eigenvalue weighted by Gasteiger charge is 2.09. The van der Waals surface area contributed by atoms with Crippen molar-refractivity contribution in [3.63, 3.8) is 0 Å². The molecule has 2 rings (SSSR count). The Kier molecular flexibility index (Phi) is 5.58. The molecule has 21 heavy (non-hydrogen) atoms. The SMILES string of the molecule is O=CNC(CCOc1cccc2ccccc12)COC=O. The Morgan fingerprint density at radius 2 is 1.90 bits per heavy atom. The number of nitrogens with one attached hydrogen (secondary N) is 1. The maximum absolute atomic E-state index is 10.5. The molecule has 0 aromatic heterocycles. The van der Waals surface area contributed by atoms with Gasteiger partial charge in [-0.25, -0.2) is 0 Å². The minimum Gasteiger partial charge on any atom is -0.493 e. The molecule has 5 nitrogen and oxygen atoms in total. The molecule has 0 aliphatic rings. The maximum Gasteiger partial charge on any atom is 0.293 e. The second-order valence-corrected chi connectivity index (χ2v) is 4.53. The number of amides is 1. The van der Waals surface area contributed by atoms with E-state index in [0.29, 0.717) is 25.9 Å². The lowest BCUT2D eigenvalue weighted by molar-refractivity contribution is -0.130. The van der Waals surface area contributed by atoms with Crippen LogP contribution in [0.5, 0.6) is 5.75 Å². The monoisotopic (exact) mass is 287 g/mol. The van der Waals surface area contributed by atoms with Crippen LogP contribution >= 0.6 is 0 Å². The Morgan fingerprint density at radius 3 is 2.71 bits per heavy atom. The van der Waals surface area contributed by atoms with Crippen LogP contribution in [-0.2, 0) is 14.3 Å². The highest BCUT2D eigenvalue weighted by molar-refractivity contribution is 5.88. The number of rotatable bonds is 9. The number of hydrogen-bond donors (Lipinski definition) is 1. The lowest BCUT2D eigenvalue weighted by atomic mass is 10.1. The van der Waals surface area contributed by atoms with Crippen molar-refractivity contribution in [3.8, 4) is 5.75 Å². The summed E-state index contributed by atoms with van der Waals surface area (Å²) in [4.78, 5) is 20.7. The first-order chi connectivity index (χ1) is 10.3. The Hall–Kier alpha value is -2.56. The Labute approximate surface area is 122 Å². The molecule has 1 amide bonds. The molecule has 0 fully saturated rings. The van der Waals surface area contributed by atoms with Crippen LogP contribution in [0.4, 0.5) is 0 Å². The normalized spacial score (nSPS) is 11.6. The topological polar surface area (TPSA) is 64.6 Å². The fourth-order valence-corrected chi connectivity index (χ4v) is 2.10. The summed E-state index contributed by atoms with van der Waals surface area (Å²) in [7, 11) is 0. The molecule has 0 spiro atoms. The average Bonchev–Trinajstić information content (AvgIpc) is 2.53. The Bertz CT molecular complexity index is 594. The predicted molar refractivity (Wildman–Crippen MR) is 79.1 cm³/mol. The summed E-state index contributed by atoms with van der Waals surface area (Å²) >= 11 is 0. The minimum absolute atomic E-state index is 0.140. The van der Waals surface area contributed by atoms with E-state index in [9.17, 15) is 9.59 Å². The van der Waals surface area contributed by atoms with Gasteiger partial charge in [-0.2, -0.15) is 0 Å². The summed E-state index contributed by atoms with van der Waals surface area (Å²) in [6.45, 7) is 0.925. The number of hydrogen-bond acceptors (Lipinski definition) is 4. The number of ether oxygens (including phenoxy) is 2. The molecule has 2 aromatic carbocycles. The van der Waals surface area contributed by atoms with Gasteiger partial charge in [0.05, 0.1) is 12.6 Å². The van der Waals surface area contributed by atoms with Crippen LogP contribution in [0.1, 0.15) is 6.42 Å². The van der Waals surface area contributed by atoms with Gasteiger partial charge in [0.2, 0.25) is 6.41 Å². The minimum atomic E-state index is -0.248. The highest BCUT2D eigenvalue weighted by atomic mass is 16.5. The summed E-state index contributed by atoms with van der Waals surface area (Å²) < 4.78 is 10.4. The molecule has 0 aliphatic carbocycles. The van der Waals surface area contributed by atoms with Crippen molar-refractivity contribution < 1.29 is 19.1 Å². The molecule has 0 saturated carbocycles. The second-order valence-electron chi connectivity index (χ2n) is 4.53. The average molecular weight is 287 g/mol. The van der Waals surface area contributed by atoms with E-state index in [1.807, 2.05) is 42.5 Å². The summed E-state index contributed by atoms with van der Waals surface area (Å²) in [5.41, 5.74) is 0. The van der Waals surface area contributed by atoms with Crippen molar-refractivity contribution in [2.75, 3.05) is 13.2 Å². The standard InChI is InChI=1S/C16H17NO4/c18-11-17-14(10-20-12-19)8-9-21-16-7-3-5-13-4-1-2-6-15(13)16/h1-7,11-12,14H,8-10H2,(H,17,18). The van der Waals surface area contributed by atoms with Crippen molar-refractivity contribution in [1.29, 1.82) is 0 Å². The van der Waals surface area contributed by atoms with Crippen molar-refractivity contribution in [2.45, 2.75) is 12.5 Å². The molecule has 1 unspecified atom stereocenters. The third kappa shape index (κ3) is 4.21. The zero-order chi connectivity index (χ0) is 14.9. The van der Waals surface area contributed by atoms with Crippen molar-refractivity contribution in [3.05, 3.63) is 42.5 Å². The molecular formula is C16H17NO4. The largest absolute Gasteiger partial charge is 0.493 e. The lowest BCUT2D eigenvalue weighted by Crippen LogP contribution is -2.33. The summed E-state index contributed by atoms with van der Waals surface area (Å²) in [6.07, 6.45) is 1.15. The van der Waals surface area contributed by atoms with E-state index in [4.69, 9.17) is 4.74 Å². The van der Waals surface area contributed by atoms with Crippen molar-refractivity contribution in [2.24, 2.45) is 0 Å². The molecule has 2 aromatic rings. The van der Waals surface area contributed by atoms with Crippen LogP contribution in [0.2, 0.25) is 0 Å². The van der Waals surface area contributed by atoms with Crippen LogP contribution in [0.25, 0.3) is 10.8 Å². The van der Waals surface area contributed by atoms with Gasteiger partial charge in [-0.05, 0) is 11.5 Å². The van der Waals surface area contributed by atoms with E-state index in [1.54, 1.807) is 0 Å². The van der Waals surface area contributed by atoms with Crippen LogP contribution < -0.4 is 10.1 Å². The van der Waals surface area contributed by atoms with Gasteiger partial charge in [-0.15, -0.1) is 0 Å². The van der Waals surface area contributed by atoms with E-state index >= 15 is 0 Å². The van der Waals surface area contributed by atoms with Crippen molar-refractivity contribution in [1.82, 2.24) is 5.32 Å². The van der Waals surface area contributed by atoms with E-state index in [2.05, 4.69) is 10.1 Å². The summed E-state index contributed by atoms with van der Waals surface area (Å²) in [5, 5.41) is 4.75. The first-order valence-electron chi connectivity index (χ1n) is 6.70. The zero-order valence-electron chi connectivity index (χ0n) is 11.5. The van der Waals surface area contributed by atoms with Gasteiger partial charge in [0.25, 0.3) is 6.47 Å². The second kappa shape index (κ2) is 7.89. The molecule has 0 heterocycles. The fourth-order valence-electron chi connectivity index (χ4n) is 2.10. The van der Waals surface area contributed by atoms with Gasteiger partial charge in [-0.1, -0.05) is 36.4 Å². The molecule has 0 bridgehead atoms. The fraction of sp³-hybridized carbons (Fsp3) is 0.250. The first-order valence-corrected chi connectivity index (χ1v) is 6.70. The quantitative estimate of drug-likeness (QED) is 0.715. The van der Waals surface area contributed by atoms with E-state index in [1.165, 1.54) is 0 Å². The van der Waals surface area contributed by atoms with E-state index in [-0.39, 0.29) is 12.6 Å². The molecule has 5 heteroatoms. The summed E-state index contributed by atoms with van der Waals surface area (Å²) in [5.74, 6) is 0.800. The number of fused-ring (bicyclic) bond motifs is 1. The Morgan fingerprint density at radius 1 is 1.10 bits per heavy atom. The zero-order valence-corrected chi connectivity index (χ0v) is 11.5. The smallest absolute Gasteiger partial charge is 0.293 e. The molecule has 0 aliphatic heterocycles. The first kappa shape index (κ1) is 14.8. The van der Waals surface area contributed by atoms with Crippen LogP contribution in [0.15, 0.2) is 42.5 Å². The number of carbonyl (C=O) groups excluding carboxylic acids is 2. The molecule has 0 saturated heterocycles. The van der Waals surface area contributed by atoms with Crippen LogP contribution in [0.3, 0.4) is 0 Å². The molecule has 110 valence electrons. The van der Waals surface area contributed by atoms with Crippen LogP contribution in [0, 0.1) is 0 Å².